The number of aromatic nitrogens is 1. The van der Waals surface area contributed by atoms with Crippen LogP contribution in [0.3, 0.4) is 0 Å². The molecule has 1 unspecified atom stereocenters. The monoisotopic (exact) mass is 351 g/mol. The lowest BCUT2D eigenvalue weighted by Gasteiger charge is -2.13. The van der Waals surface area contributed by atoms with Crippen molar-refractivity contribution in [2.24, 2.45) is 5.73 Å². The number of carbonyl (C=O) groups is 5. The first-order valence-electron chi connectivity index (χ1n) is 7.05. The number of rotatable bonds is 9. The second-order valence-corrected chi connectivity index (χ2v) is 4.82. The van der Waals surface area contributed by atoms with Crippen LogP contribution in [0.1, 0.15) is 16.8 Å². The van der Waals surface area contributed by atoms with Gasteiger partial charge in [-0.2, -0.15) is 0 Å². The van der Waals surface area contributed by atoms with E-state index < -0.39 is 48.6 Å². The summed E-state index contributed by atoms with van der Waals surface area (Å²) in [4.78, 5) is 60.2. The number of carbonyl (C=O) groups excluding carboxylic acids is 4. The normalized spacial score (nSPS) is 11.0. The number of aliphatic carboxylic acids is 1. The molecule has 0 saturated heterocycles. The first-order chi connectivity index (χ1) is 11.8. The number of carboxylic acids is 1. The van der Waals surface area contributed by atoms with Gasteiger partial charge in [0.05, 0.1) is 19.5 Å². The summed E-state index contributed by atoms with van der Waals surface area (Å²) in [7, 11) is 0. The van der Waals surface area contributed by atoms with Crippen molar-refractivity contribution < 1.29 is 29.1 Å². The second kappa shape index (κ2) is 9.60. The number of amides is 4. The Hall–Kier alpha value is -3.50. The number of pyridine rings is 1. The summed E-state index contributed by atoms with van der Waals surface area (Å²) in [5.41, 5.74) is 5.19. The number of carboxylic acid groups (broad SMARTS) is 1. The summed E-state index contributed by atoms with van der Waals surface area (Å²) in [6.07, 6.45) is 2.27. The Balaban J connectivity index is 2.35. The van der Waals surface area contributed by atoms with Crippen molar-refractivity contribution in [3.05, 3.63) is 30.1 Å². The van der Waals surface area contributed by atoms with Crippen LogP contribution >= 0.6 is 0 Å². The third-order valence-electron chi connectivity index (χ3n) is 2.84. The topological polar surface area (TPSA) is 181 Å². The Morgan fingerprint density at radius 2 is 1.64 bits per heavy atom. The van der Waals surface area contributed by atoms with Crippen molar-refractivity contribution in [3.8, 4) is 0 Å². The maximum absolute atomic E-state index is 11.7. The molecule has 1 aromatic rings. The van der Waals surface area contributed by atoms with Gasteiger partial charge in [0.15, 0.2) is 0 Å². The van der Waals surface area contributed by atoms with Crippen molar-refractivity contribution in [1.29, 1.82) is 0 Å². The maximum atomic E-state index is 11.7. The van der Waals surface area contributed by atoms with Gasteiger partial charge in [-0.3, -0.25) is 24.2 Å². The number of hydrogen-bond acceptors (Lipinski definition) is 6. The predicted octanol–water partition coefficient (Wildman–Crippen LogP) is -2.63. The molecule has 0 bridgehead atoms. The number of nitrogens with one attached hydrogen (secondary N) is 3. The van der Waals surface area contributed by atoms with Crippen LogP contribution in [0.25, 0.3) is 0 Å². The van der Waals surface area contributed by atoms with Crippen LogP contribution in [0, 0.1) is 0 Å². The summed E-state index contributed by atoms with van der Waals surface area (Å²) in [6.45, 7) is -0.898. The van der Waals surface area contributed by atoms with E-state index in [9.17, 15) is 24.0 Å². The Bertz CT molecular complexity index is 663. The molecule has 134 valence electrons. The molecule has 1 rings (SSSR count). The molecule has 0 fully saturated rings. The molecule has 4 amide bonds. The Kier molecular flexibility index (Phi) is 7.50. The Labute approximate surface area is 142 Å². The van der Waals surface area contributed by atoms with Crippen molar-refractivity contribution in [2.75, 3.05) is 13.1 Å². The van der Waals surface area contributed by atoms with Crippen LogP contribution in [0.15, 0.2) is 24.5 Å². The third kappa shape index (κ3) is 7.54. The highest BCUT2D eigenvalue weighted by atomic mass is 16.4. The van der Waals surface area contributed by atoms with Crippen LogP contribution in [0.2, 0.25) is 0 Å². The lowest BCUT2D eigenvalue weighted by Crippen LogP contribution is -2.48. The minimum Gasteiger partial charge on any atom is -0.480 e. The quantitative estimate of drug-likeness (QED) is 0.322. The van der Waals surface area contributed by atoms with Crippen molar-refractivity contribution in [1.82, 2.24) is 20.9 Å². The van der Waals surface area contributed by atoms with Gasteiger partial charge >= 0.3 is 5.97 Å². The molecule has 1 atom stereocenters. The van der Waals surface area contributed by atoms with Gasteiger partial charge in [0, 0.05) is 18.0 Å². The molecule has 1 aromatic heterocycles. The standard InChI is InChI=1S/C14H17N5O6/c15-10(20)5-9(14(24)25)19-12(22)7-17-11(21)6-18-13(23)8-1-3-16-4-2-8/h1-4,9H,5-7H2,(H2,15,20)(H,17,21)(H,18,23)(H,19,22)(H,24,25). The molecule has 0 aromatic carbocycles. The van der Waals surface area contributed by atoms with Crippen LogP contribution in [-0.2, 0) is 19.2 Å². The van der Waals surface area contributed by atoms with E-state index in [1.54, 1.807) is 0 Å². The average Bonchev–Trinajstić information content (AvgIpc) is 2.57. The largest absolute Gasteiger partial charge is 0.480 e. The summed E-state index contributed by atoms with van der Waals surface area (Å²) < 4.78 is 0. The van der Waals surface area contributed by atoms with Crippen LogP contribution in [-0.4, -0.2) is 58.8 Å². The molecule has 11 nitrogen and oxygen atoms in total. The summed E-state index contributed by atoms with van der Waals surface area (Å²) in [6, 6.07) is 1.45. The highest BCUT2D eigenvalue weighted by Gasteiger charge is 2.22. The highest BCUT2D eigenvalue weighted by molar-refractivity contribution is 5.97. The molecule has 0 saturated carbocycles. The number of nitrogens with zero attached hydrogens (tertiary/aromatic N) is 1. The molecule has 25 heavy (non-hydrogen) atoms. The van der Waals surface area contributed by atoms with Gasteiger partial charge < -0.3 is 26.8 Å². The summed E-state index contributed by atoms with van der Waals surface area (Å²) in [5, 5.41) is 15.4. The zero-order valence-corrected chi connectivity index (χ0v) is 13.0. The minimum absolute atomic E-state index is 0.316. The summed E-state index contributed by atoms with van der Waals surface area (Å²) >= 11 is 0. The van der Waals surface area contributed by atoms with Gasteiger partial charge in [-0.05, 0) is 12.1 Å². The molecule has 6 N–H and O–H groups in total. The lowest BCUT2D eigenvalue weighted by atomic mass is 10.2. The fraction of sp³-hybridized carbons (Fsp3) is 0.286. The average molecular weight is 351 g/mol. The smallest absolute Gasteiger partial charge is 0.326 e. The zero-order chi connectivity index (χ0) is 18.8. The number of nitrogens with two attached hydrogens (primary N) is 1. The van der Waals surface area contributed by atoms with Gasteiger partial charge in [-0.15, -0.1) is 0 Å². The molecular weight excluding hydrogens is 334 g/mol. The van der Waals surface area contributed by atoms with E-state index in [-0.39, 0.29) is 6.54 Å². The Morgan fingerprint density at radius 1 is 1.04 bits per heavy atom. The van der Waals surface area contributed by atoms with Gasteiger partial charge in [-0.1, -0.05) is 0 Å². The maximum Gasteiger partial charge on any atom is 0.326 e. The van der Waals surface area contributed by atoms with Crippen molar-refractivity contribution in [3.63, 3.8) is 0 Å². The molecule has 1 heterocycles. The minimum atomic E-state index is -1.48. The van der Waals surface area contributed by atoms with E-state index >= 15 is 0 Å². The summed E-state index contributed by atoms with van der Waals surface area (Å²) in [5.74, 6) is -4.28. The van der Waals surface area contributed by atoms with Gasteiger partial charge in [-0.25, -0.2) is 4.79 Å². The van der Waals surface area contributed by atoms with E-state index in [0.29, 0.717) is 5.56 Å². The number of hydrogen-bond donors (Lipinski definition) is 5. The van der Waals surface area contributed by atoms with E-state index in [2.05, 4.69) is 15.6 Å². The third-order valence-corrected chi connectivity index (χ3v) is 2.84. The SMILES string of the molecule is NC(=O)CC(NC(=O)CNC(=O)CNC(=O)c1ccncc1)C(=O)O. The van der Waals surface area contributed by atoms with Gasteiger partial charge in [0.2, 0.25) is 17.7 Å². The van der Waals surface area contributed by atoms with Crippen molar-refractivity contribution in [2.45, 2.75) is 12.5 Å². The van der Waals surface area contributed by atoms with Crippen LogP contribution in [0.5, 0.6) is 0 Å². The van der Waals surface area contributed by atoms with Crippen LogP contribution in [0.4, 0.5) is 0 Å². The van der Waals surface area contributed by atoms with E-state index in [4.69, 9.17) is 10.8 Å². The number of primary amides is 1. The highest BCUT2D eigenvalue weighted by Crippen LogP contribution is 1.95. The van der Waals surface area contributed by atoms with Gasteiger partial charge in [0.1, 0.15) is 6.04 Å². The molecule has 0 aliphatic carbocycles. The van der Waals surface area contributed by atoms with E-state index in [1.165, 1.54) is 24.5 Å². The molecular formula is C14H17N5O6. The lowest BCUT2D eigenvalue weighted by molar-refractivity contribution is -0.143. The predicted molar refractivity (Wildman–Crippen MR) is 83.0 cm³/mol. The first-order valence-corrected chi connectivity index (χ1v) is 7.05. The molecule has 0 aliphatic rings. The molecule has 0 aliphatic heterocycles. The van der Waals surface area contributed by atoms with Gasteiger partial charge in [0.25, 0.3) is 5.91 Å². The Morgan fingerprint density at radius 3 is 2.20 bits per heavy atom. The fourth-order valence-corrected chi connectivity index (χ4v) is 1.65. The molecule has 11 heteroatoms. The molecule has 0 spiro atoms. The zero-order valence-electron chi connectivity index (χ0n) is 13.0. The second-order valence-electron chi connectivity index (χ2n) is 4.82. The van der Waals surface area contributed by atoms with E-state index in [1.807, 2.05) is 5.32 Å². The van der Waals surface area contributed by atoms with Crippen LogP contribution < -0.4 is 21.7 Å². The van der Waals surface area contributed by atoms with E-state index in [0.717, 1.165) is 0 Å². The first kappa shape index (κ1) is 19.5. The molecule has 0 radical (unpaired) electrons. The van der Waals surface area contributed by atoms with Crippen molar-refractivity contribution >= 4 is 29.6 Å². The fourth-order valence-electron chi connectivity index (χ4n) is 1.65.